The molecule has 1 aromatic carbocycles. The van der Waals surface area contributed by atoms with E-state index in [4.69, 9.17) is 14.5 Å². The van der Waals surface area contributed by atoms with E-state index in [1.165, 1.54) is 12.8 Å². The first-order valence-corrected chi connectivity index (χ1v) is 13.9. The van der Waals surface area contributed by atoms with Crippen LogP contribution in [0, 0.1) is 12.8 Å². The van der Waals surface area contributed by atoms with Crippen molar-refractivity contribution in [1.29, 1.82) is 0 Å². The predicted octanol–water partition coefficient (Wildman–Crippen LogP) is 6.73. The van der Waals surface area contributed by atoms with Gasteiger partial charge in [0.15, 0.2) is 17.4 Å². The second-order valence-corrected chi connectivity index (χ2v) is 10.3. The Hall–Kier alpha value is -4.07. The largest absolute Gasteiger partial charge is 0.489 e. The lowest BCUT2D eigenvalue weighted by Crippen LogP contribution is -2.30. The van der Waals surface area contributed by atoms with Gasteiger partial charge in [0, 0.05) is 43.5 Å². The molecule has 204 valence electrons. The summed E-state index contributed by atoms with van der Waals surface area (Å²) >= 11 is 0. The zero-order chi connectivity index (χ0) is 27.2. The maximum absolute atomic E-state index is 6.16. The zero-order valence-electron chi connectivity index (χ0n) is 23.4. The van der Waals surface area contributed by atoms with Crippen LogP contribution in [-0.2, 0) is 0 Å². The van der Waals surface area contributed by atoms with E-state index in [1.807, 2.05) is 56.6 Å². The SMILES string of the molecule is C/C=C\N1C=CC(Oc2ccc(Nc3ncnc4cc5c(nc34)N(CCCCC)CC(C)CO5)cc2C)=CC1. The summed E-state index contributed by atoms with van der Waals surface area (Å²) in [7, 11) is 0. The molecule has 0 aliphatic carbocycles. The zero-order valence-corrected chi connectivity index (χ0v) is 23.4. The van der Waals surface area contributed by atoms with Gasteiger partial charge in [0.05, 0.1) is 12.1 Å². The smallest absolute Gasteiger partial charge is 0.172 e. The van der Waals surface area contributed by atoms with Crippen molar-refractivity contribution in [3.63, 3.8) is 0 Å². The average Bonchev–Trinajstić information content (AvgIpc) is 3.09. The Morgan fingerprint density at radius 2 is 2.10 bits per heavy atom. The van der Waals surface area contributed by atoms with E-state index >= 15 is 0 Å². The van der Waals surface area contributed by atoms with Crippen LogP contribution in [0.25, 0.3) is 11.0 Å². The summed E-state index contributed by atoms with van der Waals surface area (Å²) in [5, 5.41) is 3.47. The van der Waals surface area contributed by atoms with Gasteiger partial charge >= 0.3 is 0 Å². The topological polar surface area (TPSA) is 75.6 Å². The van der Waals surface area contributed by atoms with Gasteiger partial charge in [-0.25, -0.2) is 15.0 Å². The van der Waals surface area contributed by atoms with Crippen molar-refractivity contribution in [3.05, 3.63) is 72.5 Å². The lowest BCUT2D eigenvalue weighted by atomic mass is 10.1. The van der Waals surface area contributed by atoms with E-state index in [0.717, 1.165) is 71.4 Å². The van der Waals surface area contributed by atoms with Gasteiger partial charge in [-0.3, -0.25) is 0 Å². The van der Waals surface area contributed by atoms with Crippen LogP contribution in [0.2, 0.25) is 0 Å². The Morgan fingerprint density at radius 3 is 2.87 bits per heavy atom. The Morgan fingerprint density at radius 1 is 1.21 bits per heavy atom. The average molecular weight is 527 g/mol. The normalized spacial score (nSPS) is 17.1. The van der Waals surface area contributed by atoms with Gasteiger partial charge in [-0.2, -0.15) is 0 Å². The molecule has 2 aliphatic rings. The van der Waals surface area contributed by atoms with Crippen LogP contribution in [0.1, 0.15) is 45.6 Å². The Bertz CT molecular complexity index is 1400. The molecule has 5 rings (SSSR count). The number of hydrogen-bond acceptors (Lipinski definition) is 8. The molecule has 4 heterocycles. The number of pyridine rings is 1. The number of fused-ring (bicyclic) bond motifs is 2. The molecule has 3 aromatic rings. The van der Waals surface area contributed by atoms with Gasteiger partial charge in [0.2, 0.25) is 0 Å². The van der Waals surface area contributed by atoms with Crippen LogP contribution in [0.5, 0.6) is 11.5 Å². The highest BCUT2D eigenvalue weighted by atomic mass is 16.5. The molecule has 39 heavy (non-hydrogen) atoms. The standard InChI is InChI=1S/C31H38N6O2/c1-5-7-8-14-37-19-22(3)20-38-28-18-26-29(35-31(28)37)30(33-21-32-26)34-24-9-10-27(23(4)17-24)39-25-11-15-36(13-6-2)16-12-25/h6,9-13,15,17-18,21-22H,5,7-8,14,16,19-20H2,1-4H3,(H,32,33,34)/b13-6-. The predicted molar refractivity (Wildman–Crippen MR) is 158 cm³/mol. The van der Waals surface area contributed by atoms with E-state index in [1.54, 1.807) is 6.33 Å². The summed E-state index contributed by atoms with van der Waals surface area (Å²) in [6, 6.07) is 8.05. The van der Waals surface area contributed by atoms with Crippen molar-refractivity contribution >= 4 is 28.4 Å². The third-order valence-corrected chi connectivity index (χ3v) is 6.88. The van der Waals surface area contributed by atoms with Crippen LogP contribution >= 0.6 is 0 Å². The maximum atomic E-state index is 6.16. The quantitative estimate of drug-likeness (QED) is 0.308. The van der Waals surface area contributed by atoms with Crippen LogP contribution in [0.4, 0.5) is 17.3 Å². The number of aromatic nitrogens is 3. The number of aryl methyl sites for hydroxylation is 1. The number of nitrogens with one attached hydrogen (secondary N) is 1. The summed E-state index contributed by atoms with van der Waals surface area (Å²) in [6.45, 7) is 11.8. The molecule has 0 fully saturated rings. The lowest BCUT2D eigenvalue weighted by Gasteiger charge is -2.24. The first-order chi connectivity index (χ1) is 19.0. The number of ether oxygens (including phenoxy) is 2. The molecule has 8 nitrogen and oxygen atoms in total. The van der Waals surface area contributed by atoms with Crippen LogP contribution < -0.4 is 19.7 Å². The number of rotatable bonds is 9. The van der Waals surface area contributed by atoms with Crippen molar-refractivity contribution in [1.82, 2.24) is 19.9 Å². The van der Waals surface area contributed by atoms with Crippen molar-refractivity contribution in [2.75, 3.05) is 36.5 Å². The fourth-order valence-corrected chi connectivity index (χ4v) is 4.86. The molecule has 1 unspecified atom stereocenters. The van der Waals surface area contributed by atoms with E-state index in [9.17, 15) is 0 Å². The molecular formula is C31H38N6O2. The third kappa shape index (κ3) is 6.33. The first-order valence-electron chi connectivity index (χ1n) is 13.9. The molecule has 0 saturated heterocycles. The molecule has 2 aliphatic heterocycles. The second kappa shape index (κ2) is 12.2. The molecular weight excluding hydrogens is 488 g/mol. The Balaban J connectivity index is 1.37. The number of nitrogens with zero attached hydrogens (tertiary/aromatic N) is 5. The van der Waals surface area contributed by atoms with Gasteiger partial charge in [0.1, 0.15) is 23.4 Å². The molecule has 0 amide bonds. The number of benzene rings is 1. The fraction of sp³-hybridized carbons (Fsp3) is 0.387. The summed E-state index contributed by atoms with van der Waals surface area (Å²) in [5.41, 5.74) is 3.42. The first kappa shape index (κ1) is 26.5. The maximum Gasteiger partial charge on any atom is 0.172 e. The molecule has 2 aromatic heterocycles. The second-order valence-electron chi connectivity index (χ2n) is 10.3. The van der Waals surface area contributed by atoms with Gasteiger partial charge in [0.25, 0.3) is 0 Å². The highest BCUT2D eigenvalue weighted by Crippen LogP contribution is 2.35. The summed E-state index contributed by atoms with van der Waals surface area (Å²) in [6.07, 6.45) is 15.2. The van der Waals surface area contributed by atoms with Crippen LogP contribution in [-0.4, -0.2) is 46.1 Å². The van der Waals surface area contributed by atoms with Gasteiger partial charge < -0.3 is 24.6 Å². The fourth-order valence-electron chi connectivity index (χ4n) is 4.86. The Labute approximate surface area is 231 Å². The lowest BCUT2D eigenvalue weighted by molar-refractivity contribution is 0.273. The monoisotopic (exact) mass is 526 g/mol. The van der Waals surface area contributed by atoms with E-state index in [-0.39, 0.29) is 0 Å². The highest BCUT2D eigenvalue weighted by Gasteiger charge is 2.24. The molecule has 1 N–H and O–H groups in total. The van der Waals surface area contributed by atoms with Crippen molar-refractivity contribution < 1.29 is 9.47 Å². The van der Waals surface area contributed by atoms with E-state index in [0.29, 0.717) is 18.3 Å². The van der Waals surface area contributed by atoms with Crippen molar-refractivity contribution in [2.45, 2.75) is 47.0 Å². The van der Waals surface area contributed by atoms with Gasteiger partial charge in [-0.05, 0) is 62.4 Å². The number of hydrogen-bond donors (Lipinski definition) is 1. The number of anilines is 3. The summed E-state index contributed by atoms with van der Waals surface area (Å²) in [5.74, 6) is 4.42. The number of allylic oxidation sites excluding steroid dienone is 2. The molecule has 8 heteroatoms. The van der Waals surface area contributed by atoms with Crippen molar-refractivity contribution in [3.8, 4) is 11.5 Å². The molecule has 0 saturated carbocycles. The van der Waals surface area contributed by atoms with Crippen LogP contribution in [0.3, 0.4) is 0 Å². The van der Waals surface area contributed by atoms with E-state index in [2.05, 4.69) is 51.1 Å². The molecule has 0 bridgehead atoms. The number of unbranched alkanes of at least 4 members (excludes halogenated alkanes) is 2. The summed E-state index contributed by atoms with van der Waals surface area (Å²) in [4.78, 5) is 18.6. The highest BCUT2D eigenvalue weighted by molar-refractivity contribution is 5.90. The Kier molecular flexibility index (Phi) is 8.30. The molecule has 0 radical (unpaired) electrons. The van der Waals surface area contributed by atoms with Crippen LogP contribution in [0.15, 0.2) is 67.0 Å². The minimum absolute atomic E-state index is 0.420. The third-order valence-electron chi connectivity index (χ3n) is 6.88. The minimum Gasteiger partial charge on any atom is -0.489 e. The summed E-state index contributed by atoms with van der Waals surface area (Å²) < 4.78 is 12.3. The van der Waals surface area contributed by atoms with Crippen molar-refractivity contribution in [2.24, 2.45) is 5.92 Å². The van der Waals surface area contributed by atoms with E-state index < -0.39 is 0 Å². The van der Waals surface area contributed by atoms with Gasteiger partial charge in [-0.15, -0.1) is 0 Å². The van der Waals surface area contributed by atoms with Gasteiger partial charge in [-0.1, -0.05) is 32.8 Å². The molecule has 0 spiro atoms. The minimum atomic E-state index is 0.420. The molecule has 1 atom stereocenters.